The summed E-state index contributed by atoms with van der Waals surface area (Å²) < 4.78 is 28.3. The first kappa shape index (κ1) is 15.7. The molecule has 2 N–H and O–H groups in total. The smallest absolute Gasteiger partial charge is 0.308 e. The Bertz CT molecular complexity index is 733. The van der Waals surface area contributed by atoms with Crippen LogP contribution in [0, 0.1) is 6.92 Å². The highest BCUT2D eigenvalue weighted by molar-refractivity contribution is 7.91. The topological polar surface area (TPSA) is 101 Å². The van der Waals surface area contributed by atoms with Crippen molar-refractivity contribution >= 4 is 27.3 Å². The van der Waals surface area contributed by atoms with E-state index >= 15 is 0 Å². The summed E-state index contributed by atoms with van der Waals surface area (Å²) in [6, 6.07) is 2.94. The van der Waals surface area contributed by atoms with Gasteiger partial charge in [-0.15, -0.1) is 11.3 Å². The Kier molecular flexibility index (Phi) is 4.76. The molecule has 9 heteroatoms. The third-order valence-corrected chi connectivity index (χ3v) is 5.66. The van der Waals surface area contributed by atoms with Crippen LogP contribution in [-0.2, 0) is 27.8 Å². The third kappa shape index (κ3) is 4.38. The molecule has 0 saturated heterocycles. The summed E-state index contributed by atoms with van der Waals surface area (Å²) >= 11 is 0.965. The second-order valence-electron chi connectivity index (χ2n) is 4.47. The number of rotatable bonds is 7. The quantitative estimate of drug-likeness (QED) is 0.784. The van der Waals surface area contributed by atoms with E-state index in [0.29, 0.717) is 11.4 Å². The molecule has 0 bridgehead atoms. The molecule has 0 fully saturated rings. The average molecular weight is 329 g/mol. The number of aryl methyl sites for hydroxylation is 1. The van der Waals surface area contributed by atoms with Crippen LogP contribution < -0.4 is 4.72 Å². The largest absolute Gasteiger partial charge is 0.481 e. The first-order valence-electron chi connectivity index (χ1n) is 6.16. The fraction of sp³-hybridized carbons (Fsp3) is 0.333. The van der Waals surface area contributed by atoms with Gasteiger partial charge in [0.15, 0.2) is 0 Å². The summed E-state index contributed by atoms with van der Waals surface area (Å²) in [5, 5.41) is 12.7. The molecule has 2 heterocycles. The van der Waals surface area contributed by atoms with Gasteiger partial charge >= 0.3 is 5.97 Å². The minimum atomic E-state index is -3.60. The van der Waals surface area contributed by atoms with Gasteiger partial charge < -0.3 is 5.11 Å². The minimum absolute atomic E-state index is 0.121. The molecule has 0 aliphatic carbocycles. The van der Waals surface area contributed by atoms with Crippen molar-refractivity contribution in [3.8, 4) is 0 Å². The Morgan fingerprint density at radius 1 is 1.48 bits per heavy atom. The molecule has 2 rings (SSSR count). The zero-order valence-corrected chi connectivity index (χ0v) is 12.9. The number of thiophene rings is 1. The molecule has 21 heavy (non-hydrogen) atoms. The van der Waals surface area contributed by atoms with Crippen molar-refractivity contribution in [2.75, 3.05) is 6.54 Å². The molecule has 0 unspecified atom stereocenters. The summed E-state index contributed by atoms with van der Waals surface area (Å²) in [6.45, 7) is 2.55. The number of hydrogen-bond acceptors (Lipinski definition) is 5. The molecule has 7 nitrogen and oxygen atoms in total. The van der Waals surface area contributed by atoms with Crippen molar-refractivity contribution < 1.29 is 18.3 Å². The molecule has 114 valence electrons. The van der Waals surface area contributed by atoms with Gasteiger partial charge in [0.2, 0.25) is 10.0 Å². The number of nitrogens with zero attached hydrogens (tertiary/aromatic N) is 2. The molecule has 0 atom stereocenters. The van der Waals surface area contributed by atoms with Crippen molar-refractivity contribution in [2.45, 2.75) is 24.1 Å². The van der Waals surface area contributed by atoms with Crippen molar-refractivity contribution in [3.63, 3.8) is 0 Å². The van der Waals surface area contributed by atoms with Crippen molar-refractivity contribution in [2.24, 2.45) is 0 Å². The predicted molar refractivity (Wildman–Crippen MR) is 77.8 cm³/mol. The molecule has 0 aromatic carbocycles. The van der Waals surface area contributed by atoms with Gasteiger partial charge in [-0.3, -0.25) is 9.48 Å². The van der Waals surface area contributed by atoms with Crippen LogP contribution in [0.1, 0.15) is 10.4 Å². The van der Waals surface area contributed by atoms with Gasteiger partial charge in [-0.05, 0) is 24.6 Å². The number of aromatic nitrogens is 2. The maximum atomic E-state index is 12.0. The summed E-state index contributed by atoms with van der Waals surface area (Å²) in [7, 11) is -3.60. The number of sulfonamides is 1. The lowest BCUT2D eigenvalue weighted by Gasteiger charge is -2.04. The number of carboxylic acid groups (broad SMARTS) is 1. The van der Waals surface area contributed by atoms with Gasteiger partial charge in [0.25, 0.3) is 0 Å². The van der Waals surface area contributed by atoms with Crippen LogP contribution in [0.25, 0.3) is 0 Å². The Morgan fingerprint density at radius 3 is 2.86 bits per heavy atom. The highest BCUT2D eigenvalue weighted by Crippen LogP contribution is 2.21. The lowest BCUT2D eigenvalue weighted by Crippen LogP contribution is -2.26. The van der Waals surface area contributed by atoms with E-state index in [1.54, 1.807) is 10.9 Å². The van der Waals surface area contributed by atoms with E-state index in [1.165, 1.54) is 12.1 Å². The molecule has 0 spiro atoms. The Balaban J connectivity index is 1.94. The third-order valence-electron chi connectivity index (χ3n) is 2.62. The summed E-state index contributed by atoms with van der Waals surface area (Å²) in [6.07, 6.45) is 3.35. The normalized spacial score (nSPS) is 11.7. The van der Waals surface area contributed by atoms with E-state index in [-0.39, 0.29) is 17.2 Å². The number of carbonyl (C=O) groups is 1. The zero-order chi connectivity index (χ0) is 15.5. The van der Waals surface area contributed by atoms with Gasteiger partial charge in [-0.1, -0.05) is 0 Å². The second kappa shape index (κ2) is 6.37. The molecule has 0 aliphatic rings. The van der Waals surface area contributed by atoms with Crippen molar-refractivity contribution in [1.29, 1.82) is 0 Å². The average Bonchev–Trinajstić information content (AvgIpc) is 2.98. The van der Waals surface area contributed by atoms with Crippen LogP contribution in [0.3, 0.4) is 0 Å². The van der Waals surface area contributed by atoms with E-state index in [0.717, 1.165) is 16.9 Å². The first-order valence-corrected chi connectivity index (χ1v) is 8.46. The maximum absolute atomic E-state index is 12.0. The summed E-state index contributed by atoms with van der Waals surface area (Å²) in [5.41, 5.74) is 1.01. The molecule has 0 amide bonds. The number of hydrogen-bond donors (Lipinski definition) is 2. The Hall–Kier alpha value is -1.71. The fourth-order valence-electron chi connectivity index (χ4n) is 1.70. The van der Waals surface area contributed by atoms with Crippen molar-refractivity contribution in [1.82, 2.24) is 14.5 Å². The lowest BCUT2D eigenvalue weighted by atomic mass is 10.3. The van der Waals surface area contributed by atoms with Gasteiger partial charge in [-0.2, -0.15) is 5.10 Å². The first-order chi connectivity index (χ1) is 9.87. The molecule has 2 aromatic rings. The zero-order valence-electron chi connectivity index (χ0n) is 11.3. The van der Waals surface area contributed by atoms with E-state index in [1.807, 2.05) is 13.1 Å². The maximum Gasteiger partial charge on any atom is 0.308 e. The molecular formula is C12H15N3O4S2. The summed E-state index contributed by atoms with van der Waals surface area (Å²) in [4.78, 5) is 11.1. The Morgan fingerprint density at radius 2 is 2.24 bits per heavy atom. The number of aliphatic carboxylic acids is 1. The monoisotopic (exact) mass is 329 g/mol. The highest BCUT2D eigenvalue weighted by atomic mass is 32.2. The van der Waals surface area contributed by atoms with E-state index in [2.05, 4.69) is 9.82 Å². The molecule has 0 radical (unpaired) electrons. The van der Waals surface area contributed by atoms with Crippen LogP contribution in [0.4, 0.5) is 0 Å². The van der Waals surface area contributed by atoms with Crippen LogP contribution in [0.2, 0.25) is 0 Å². The summed E-state index contributed by atoms with van der Waals surface area (Å²) in [5.74, 6) is -0.984. The van der Waals surface area contributed by atoms with Gasteiger partial charge in [0, 0.05) is 17.6 Å². The van der Waals surface area contributed by atoms with Gasteiger partial charge in [0.05, 0.1) is 19.2 Å². The predicted octanol–water partition coefficient (Wildman–Crippen LogP) is 0.859. The van der Waals surface area contributed by atoms with Crippen LogP contribution in [0.15, 0.2) is 28.7 Å². The van der Waals surface area contributed by atoms with Crippen LogP contribution in [0.5, 0.6) is 0 Å². The molecule has 2 aromatic heterocycles. The van der Waals surface area contributed by atoms with Crippen molar-refractivity contribution in [3.05, 3.63) is 35.0 Å². The number of nitrogens with one attached hydrogen (secondary N) is 1. The SMILES string of the molecule is Cc1cnn(CCNS(=O)(=O)c2ccc(CC(=O)O)s2)c1. The molecular weight excluding hydrogens is 314 g/mol. The number of carboxylic acids is 1. The minimum Gasteiger partial charge on any atom is -0.481 e. The fourth-order valence-corrected chi connectivity index (χ4v) is 4.11. The van der Waals surface area contributed by atoms with Gasteiger partial charge in [-0.25, -0.2) is 13.1 Å². The van der Waals surface area contributed by atoms with Gasteiger partial charge in [0.1, 0.15) is 4.21 Å². The van der Waals surface area contributed by atoms with E-state index < -0.39 is 16.0 Å². The standard InChI is InChI=1S/C12H15N3O4S2/c1-9-7-13-15(8-9)5-4-14-21(18,19)12-3-2-10(20-12)6-11(16)17/h2-3,7-8,14H,4-6H2,1H3,(H,16,17). The van der Waals surface area contributed by atoms with E-state index in [9.17, 15) is 13.2 Å². The molecule has 0 saturated carbocycles. The van der Waals surface area contributed by atoms with Crippen LogP contribution >= 0.6 is 11.3 Å². The lowest BCUT2D eigenvalue weighted by molar-refractivity contribution is -0.136. The Labute approximate surface area is 126 Å². The highest BCUT2D eigenvalue weighted by Gasteiger charge is 2.17. The van der Waals surface area contributed by atoms with E-state index in [4.69, 9.17) is 5.11 Å². The van der Waals surface area contributed by atoms with Crippen LogP contribution in [-0.4, -0.2) is 35.8 Å². The second-order valence-corrected chi connectivity index (χ2v) is 7.63. The molecule has 0 aliphatic heterocycles.